The van der Waals surface area contributed by atoms with Gasteiger partial charge in [-0.05, 0) is 0 Å². The standard InChI is InChI=1S/C10H18N5O15P3/c11-10-14-7(4(12-2-17)8(19)15-10)13-9-6(5(18)3(1-16)27-9)28-32(23,24)30-33(25,26)29-31(20,21)22/h2-3,5-6,9,16,18H,1H2,(H,12,17)(H,23,24)(H,25,26)(H2,20,21,22)(H4,11,13,14,15,19)/t3-,5-,6-,9?/m1/s1. The van der Waals surface area contributed by atoms with E-state index >= 15 is 0 Å². The van der Waals surface area contributed by atoms with Gasteiger partial charge in [-0.1, -0.05) is 0 Å². The Kier molecular flexibility index (Phi) is 8.53. The van der Waals surface area contributed by atoms with E-state index in [9.17, 15) is 43.3 Å². The topological polar surface area (TPSA) is 322 Å². The van der Waals surface area contributed by atoms with Gasteiger partial charge in [-0.25, -0.2) is 13.7 Å². The van der Waals surface area contributed by atoms with E-state index in [0.29, 0.717) is 0 Å². The first-order valence-corrected chi connectivity index (χ1v) is 12.7. The molecule has 6 atom stereocenters. The summed E-state index contributed by atoms with van der Waals surface area (Å²) < 4.78 is 51.2. The van der Waals surface area contributed by atoms with Crippen molar-refractivity contribution in [2.24, 2.45) is 0 Å². The SMILES string of the molecule is Nc1nc(NC2O[C@H](CO)[C@@H](O)[C@H]2OP(=O)(O)OP(=O)(O)OP(=O)(O)O)c(NC=O)c(=O)[nH]1. The van der Waals surface area contributed by atoms with Gasteiger partial charge in [-0.3, -0.25) is 19.1 Å². The smallest absolute Gasteiger partial charge is 0.394 e. The number of anilines is 3. The van der Waals surface area contributed by atoms with Gasteiger partial charge in [-0.15, -0.1) is 0 Å². The molecule has 0 saturated carbocycles. The van der Waals surface area contributed by atoms with Crippen LogP contribution < -0.4 is 21.9 Å². The molecule has 1 fully saturated rings. The number of ether oxygens (including phenoxy) is 1. The molecule has 1 amide bonds. The highest BCUT2D eigenvalue weighted by Gasteiger charge is 2.50. The van der Waals surface area contributed by atoms with Crippen molar-refractivity contribution < 1.29 is 66.2 Å². The van der Waals surface area contributed by atoms with Crippen LogP contribution in [0.3, 0.4) is 0 Å². The molecule has 20 nitrogen and oxygen atoms in total. The minimum absolute atomic E-state index is 0.0953. The van der Waals surface area contributed by atoms with Crippen molar-refractivity contribution in [3.05, 3.63) is 10.4 Å². The molecule has 1 aliphatic rings. The summed E-state index contributed by atoms with van der Waals surface area (Å²) in [7, 11) is -17.3. The van der Waals surface area contributed by atoms with E-state index < -0.39 is 77.6 Å². The third-order valence-corrected chi connectivity index (χ3v) is 7.45. The number of nitrogens with zero attached hydrogens (tertiary/aromatic N) is 1. The summed E-state index contributed by atoms with van der Waals surface area (Å²) in [5.41, 5.74) is 3.95. The number of phosphoric acid groups is 3. The largest absolute Gasteiger partial charge is 0.490 e. The van der Waals surface area contributed by atoms with E-state index in [-0.39, 0.29) is 6.41 Å². The number of aromatic amines is 1. The first-order chi connectivity index (χ1) is 15.1. The Labute approximate surface area is 182 Å². The molecular weight excluding hydrogens is 523 g/mol. The van der Waals surface area contributed by atoms with Crippen LogP contribution in [0.4, 0.5) is 17.5 Å². The maximum absolute atomic E-state index is 12.1. The number of nitrogens with two attached hydrogens (primary N) is 1. The van der Waals surface area contributed by atoms with Gasteiger partial charge in [-0.2, -0.15) is 13.6 Å². The monoisotopic (exact) mass is 541 g/mol. The molecule has 0 radical (unpaired) electrons. The lowest BCUT2D eigenvalue weighted by Gasteiger charge is -2.25. The van der Waals surface area contributed by atoms with Gasteiger partial charge >= 0.3 is 23.5 Å². The Morgan fingerprint density at radius 3 is 2.36 bits per heavy atom. The second-order valence-corrected chi connectivity index (χ2v) is 10.4. The van der Waals surface area contributed by atoms with Gasteiger partial charge < -0.3 is 50.9 Å². The Bertz CT molecular complexity index is 1070. The van der Waals surface area contributed by atoms with Crippen molar-refractivity contribution in [2.45, 2.75) is 24.5 Å². The van der Waals surface area contributed by atoms with Gasteiger partial charge in [0, 0.05) is 0 Å². The summed E-state index contributed by atoms with van der Waals surface area (Å²) in [5, 5.41) is 23.8. The number of carbonyl (C=O) groups is 1. The van der Waals surface area contributed by atoms with Crippen molar-refractivity contribution in [1.29, 1.82) is 0 Å². The maximum Gasteiger partial charge on any atom is 0.490 e. The van der Waals surface area contributed by atoms with E-state index in [2.05, 4.69) is 28.4 Å². The second kappa shape index (κ2) is 10.2. The van der Waals surface area contributed by atoms with Gasteiger partial charge in [0.15, 0.2) is 12.0 Å². The molecule has 1 aromatic heterocycles. The fraction of sp³-hybridized carbons (Fsp3) is 0.500. The lowest BCUT2D eigenvalue weighted by atomic mass is 10.1. The van der Waals surface area contributed by atoms with Crippen molar-refractivity contribution in [3.8, 4) is 0 Å². The number of aliphatic hydroxyl groups is 2. The molecular formula is C10H18N5O15P3. The normalized spacial score (nSPS) is 26.8. The Morgan fingerprint density at radius 1 is 1.18 bits per heavy atom. The Hall–Kier alpha value is -1.76. The molecule has 11 N–H and O–H groups in total. The van der Waals surface area contributed by atoms with Crippen LogP contribution in [0.1, 0.15) is 0 Å². The number of hydrogen-bond acceptors (Lipinski definition) is 14. The fourth-order valence-electron chi connectivity index (χ4n) is 2.50. The van der Waals surface area contributed by atoms with Crippen LogP contribution >= 0.6 is 23.5 Å². The summed E-state index contributed by atoms with van der Waals surface area (Å²) in [6.45, 7) is -0.875. The molecule has 2 heterocycles. The molecule has 0 aromatic carbocycles. The minimum atomic E-state index is -5.87. The van der Waals surface area contributed by atoms with E-state index in [1.807, 2.05) is 5.32 Å². The summed E-state index contributed by atoms with van der Waals surface area (Å²) >= 11 is 0. The number of amides is 1. The van der Waals surface area contributed by atoms with Crippen LogP contribution in [-0.4, -0.2) is 77.3 Å². The zero-order valence-electron chi connectivity index (χ0n) is 15.8. The van der Waals surface area contributed by atoms with Crippen LogP contribution in [0, 0.1) is 0 Å². The number of hydrogen-bond donors (Lipinski definition) is 10. The number of H-pyrrole nitrogens is 1. The van der Waals surface area contributed by atoms with Crippen LogP contribution in [-0.2, 0) is 36.4 Å². The fourth-order valence-corrected chi connectivity index (χ4v) is 5.70. The number of aliphatic hydroxyl groups excluding tert-OH is 2. The van der Waals surface area contributed by atoms with E-state index in [4.69, 9.17) is 20.3 Å². The summed E-state index contributed by atoms with van der Waals surface area (Å²) in [6.07, 6.45) is -7.07. The molecule has 1 aromatic rings. The molecule has 0 spiro atoms. The van der Waals surface area contributed by atoms with Crippen LogP contribution in [0.25, 0.3) is 0 Å². The number of rotatable bonds is 11. The average molecular weight is 541 g/mol. The number of nitrogen functional groups attached to an aromatic ring is 1. The van der Waals surface area contributed by atoms with Gasteiger partial charge in [0.2, 0.25) is 12.4 Å². The summed E-state index contributed by atoms with van der Waals surface area (Å²) in [4.78, 5) is 64.5. The number of nitrogens with one attached hydrogen (secondary N) is 3. The first kappa shape index (κ1) is 27.5. The van der Waals surface area contributed by atoms with Crippen molar-refractivity contribution in [2.75, 3.05) is 23.0 Å². The van der Waals surface area contributed by atoms with Crippen LogP contribution in [0.2, 0.25) is 0 Å². The van der Waals surface area contributed by atoms with Gasteiger partial charge in [0.25, 0.3) is 5.56 Å². The van der Waals surface area contributed by atoms with Gasteiger partial charge in [0.1, 0.15) is 24.0 Å². The van der Waals surface area contributed by atoms with Crippen molar-refractivity contribution in [3.63, 3.8) is 0 Å². The molecule has 0 bridgehead atoms. The van der Waals surface area contributed by atoms with E-state index in [1.165, 1.54) is 0 Å². The number of carbonyl (C=O) groups excluding carboxylic acids is 1. The zero-order valence-corrected chi connectivity index (χ0v) is 18.5. The third kappa shape index (κ3) is 7.62. The molecule has 1 saturated heterocycles. The molecule has 23 heteroatoms. The van der Waals surface area contributed by atoms with Crippen molar-refractivity contribution in [1.82, 2.24) is 9.97 Å². The quantitative estimate of drug-likeness (QED) is 0.0993. The van der Waals surface area contributed by atoms with E-state index in [0.717, 1.165) is 0 Å². The van der Waals surface area contributed by atoms with Crippen molar-refractivity contribution >= 4 is 47.3 Å². The highest BCUT2D eigenvalue weighted by molar-refractivity contribution is 7.66. The third-order valence-electron chi connectivity index (χ3n) is 3.61. The molecule has 3 unspecified atom stereocenters. The predicted molar refractivity (Wildman–Crippen MR) is 103 cm³/mol. The molecule has 2 rings (SSSR count). The Balaban J connectivity index is 2.32. The number of aromatic nitrogens is 2. The minimum Gasteiger partial charge on any atom is -0.394 e. The number of phosphoric ester groups is 1. The molecule has 188 valence electrons. The molecule has 0 aliphatic carbocycles. The van der Waals surface area contributed by atoms with Crippen LogP contribution in [0.5, 0.6) is 0 Å². The lowest BCUT2D eigenvalue weighted by Crippen LogP contribution is -2.39. The maximum atomic E-state index is 12.1. The highest BCUT2D eigenvalue weighted by Crippen LogP contribution is 2.66. The zero-order chi connectivity index (χ0) is 25.2. The average Bonchev–Trinajstić information content (AvgIpc) is 2.89. The van der Waals surface area contributed by atoms with Gasteiger partial charge in [0.05, 0.1) is 6.61 Å². The molecule has 33 heavy (non-hydrogen) atoms. The Morgan fingerprint density at radius 2 is 1.82 bits per heavy atom. The summed E-state index contributed by atoms with van der Waals surface area (Å²) in [5.74, 6) is -0.945. The van der Waals surface area contributed by atoms with E-state index in [1.54, 1.807) is 0 Å². The molecule has 1 aliphatic heterocycles. The first-order valence-electron chi connectivity index (χ1n) is 8.20. The highest BCUT2D eigenvalue weighted by atomic mass is 31.3. The lowest BCUT2D eigenvalue weighted by molar-refractivity contribution is -0.105. The predicted octanol–water partition coefficient (Wildman–Crippen LogP) is -2.88. The van der Waals surface area contributed by atoms with Crippen LogP contribution in [0.15, 0.2) is 4.79 Å². The second-order valence-electron chi connectivity index (χ2n) is 6.01. The summed E-state index contributed by atoms with van der Waals surface area (Å²) in [6, 6.07) is 0.